The lowest BCUT2D eigenvalue weighted by Gasteiger charge is -2.39. The standard InChI is InChI=1S/C19H29FN6/c1-4-17(19-21-22-23-26(19)10-9-15(2)3)24-11-13-25(14-12-24)18-8-6-5-7-16(18)20/h5-8,15,17H,4,9-14H2,1-3H3. The van der Waals surface area contributed by atoms with Gasteiger partial charge in [0.1, 0.15) is 5.82 Å². The molecule has 2 aromatic rings. The van der Waals surface area contributed by atoms with Crippen molar-refractivity contribution < 1.29 is 4.39 Å². The monoisotopic (exact) mass is 360 g/mol. The number of benzene rings is 1. The summed E-state index contributed by atoms with van der Waals surface area (Å²) in [6, 6.07) is 7.22. The molecule has 1 fully saturated rings. The largest absolute Gasteiger partial charge is 0.367 e. The predicted octanol–water partition coefficient (Wildman–Crippen LogP) is 3.13. The Morgan fingerprint density at radius 1 is 1.12 bits per heavy atom. The van der Waals surface area contributed by atoms with Crippen LogP contribution in [0, 0.1) is 11.7 Å². The third kappa shape index (κ3) is 4.20. The van der Waals surface area contributed by atoms with E-state index in [-0.39, 0.29) is 11.9 Å². The molecule has 0 aliphatic carbocycles. The van der Waals surface area contributed by atoms with Crippen molar-refractivity contribution in [1.29, 1.82) is 0 Å². The smallest absolute Gasteiger partial charge is 0.168 e. The highest BCUT2D eigenvalue weighted by atomic mass is 19.1. The van der Waals surface area contributed by atoms with Gasteiger partial charge in [0, 0.05) is 32.7 Å². The molecule has 0 N–H and O–H groups in total. The predicted molar refractivity (Wildman–Crippen MR) is 100 cm³/mol. The van der Waals surface area contributed by atoms with E-state index in [2.05, 4.69) is 46.1 Å². The van der Waals surface area contributed by atoms with E-state index in [1.807, 2.05) is 16.8 Å². The molecule has 1 aromatic heterocycles. The third-order valence-electron chi connectivity index (χ3n) is 5.11. The molecule has 1 aliphatic heterocycles. The molecule has 0 spiro atoms. The minimum Gasteiger partial charge on any atom is -0.367 e. The highest BCUT2D eigenvalue weighted by Crippen LogP contribution is 2.26. The van der Waals surface area contributed by atoms with Gasteiger partial charge in [-0.15, -0.1) is 5.10 Å². The lowest BCUT2D eigenvalue weighted by Crippen LogP contribution is -2.48. The molecule has 1 saturated heterocycles. The molecule has 6 nitrogen and oxygen atoms in total. The zero-order valence-electron chi connectivity index (χ0n) is 16.0. The molecule has 0 amide bonds. The molecule has 3 rings (SSSR count). The first-order valence-corrected chi connectivity index (χ1v) is 9.59. The third-order valence-corrected chi connectivity index (χ3v) is 5.11. The number of aryl methyl sites for hydroxylation is 1. The molecule has 1 aliphatic rings. The van der Waals surface area contributed by atoms with Crippen LogP contribution >= 0.6 is 0 Å². The van der Waals surface area contributed by atoms with Gasteiger partial charge in [-0.25, -0.2) is 9.07 Å². The van der Waals surface area contributed by atoms with Gasteiger partial charge in [0.25, 0.3) is 0 Å². The number of hydrogen-bond donors (Lipinski definition) is 0. The molecular formula is C19H29FN6. The Labute approximate surface area is 155 Å². The summed E-state index contributed by atoms with van der Waals surface area (Å²) in [7, 11) is 0. The van der Waals surface area contributed by atoms with Gasteiger partial charge in [-0.1, -0.05) is 32.9 Å². The molecule has 1 aromatic carbocycles. The fourth-order valence-corrected chi connectivity index (χ4v) is 3.58. The van der Waals surface area contributed by atoms with E-state index in [4.69, 9.17) is 0 Å². The molecule has 142 valence electrons. The summed E-state index contributed by atoms with van der Waals surface area (Å²) >= 11 is 0. The molecular weight excluding hydrogens is 331 g/mol. The van der Waals surface area contributed by atoms with Crippen LogP contribution in [0.3, 0.4) is 0 Å². The fourth-order valence-electron chi connectivity index (χ4n) is 3.58. The minimum atomic E-state index is -0.148. The zero-order valence-corrected chi connectivity index (χ0v) is 16.0. The summed E-state index contributed by atoms with van der Waals surface area (Å²) in [5.41, 5.74) is 0.696. The average molecular weight is 360 g/mol. The number of aromatic nitrogens is 4. The molecule has 1 atom stereocenters. The Morgan fingerprint density at radius 3 is 2.50 bits per heavy atom. The maximum atomic E-state index is 14.0. The summed E-state index contributed by atoms with van der Waals surface area (Å²) in [5.74, 6) is 1.43. The number of piperazine rings is 1. The van der Waals surface area contributed by atoms with Crippen molar-refractivity contribution in [2.75, 3.05) is 31.1 Å². The van der Waals surface area contributed by atoms with Gasteiger partial charge < -0.3 is 4.90 Å². The summed E-state index contributed by atoms with van der Waals surface area (Å²) in [4.78, 5) is 4.55. The van der Waals surface area contributed by atoms with E-state index >= 15 is 0 Å². The second-order valence-electron chi connectivity index (χ2n) is 7.34. The lowest BCUT2D eigenvalue weighted by atomic mass is 10.1. The van der Waals surface area contributed by atoms with Gasteiger partial charge in [0.2, 0.25) is 0 Å². The number of hydrogen-bond acceptors (Lipinski definition) is 5. The van der Waals surface area contributed by atoms with Crippen LogP contribution in [-0.2, 0) is 6.54 Å². The highest BCUT2D eigenvalue weighted by Gasteiger charge is 2.28. The van der Waals surface area contributed by atoms with E-state index in [1.54, 1.807) is 6.07 Å². The van der Waals surface area contributed by atoms with Crippen molar-refractivity contribution >= 4 is 5.69 Å². The SMILES string of the molecule is CCC(c1nnnn1CCC(C)C)N1CCN(c2ccccc2F)CC1. The molecule has 2 heterocycles. The molecule has 0 radical (unpaired) electrons. The van der Waals surface area contributed by atoms with Crippen LogP contribution < -0.4 is 4.90 Å². The van der Waals surface area contributed by atoms with E-state index in [1.165, 1.54) is 6.07 Å². The summed E-state index contributed by atoms with van der Waals surface area (Å²) in [6.45, 7) is 10.8. The molecule has 1 unspecified atom stereocenters. The van der Waals surface area contributed by atoms with Crippen LogP contribution in [0.15, 0.2) is 24.3 Å². The Kier molecular flexibility index (Phi) is 6.19. The fraction of sp³-hybridized carbons (Fsp3) is 0.632. The van der Waals surface area contributed by atoms with Gasteiger partial charge in [-0.2, -0.15) is 0 Å². The van der Waals surface area contributed by atoms with Gasteiger partial charge in [-0.3, -0.25) is 4.90 Å². The molecule has 0 saturated carbocycles. The summed E-state index contributed by atoms with van der Waals surface area (Å²) < 4.78 is 16.0. The molecule has 26 heavy (non-hydrogen) atoms. The Hall–Kier alpha value is -2.02. The average Bonchev–Trinajstić information content (AvgIpc) is 3.10. The van der Waals surface area contributed by atoms with Crippen molar-refractivity contribution in [3.8, 4) is 0 Å². The Balaban J connectivity index is 1.66. The maximum Gasteiger partial charge on any atom is 0.168 e. The quantitative estimate of drug-likeness (QED) is 0.759. The van der Waals surface area contributed by atoms with Crippen LogP contribution in [0.5, 0.6) is 0 Å². The van der Waals surface area contributed by atoms with Gasteiger partial charge in [0.15, 0.2) is 5.82 Å². The minimum absolute atomic E-state index is 0.148. The van der Waals surface area contributed by atoms with Gasteiger partial charge in [-0.05, 0) is 41.3 Å². The van der Waals surface area contributed by atoms with Gasteiger partial charge in [0.05, 0.1) is 11.7 Å². The topological polar surface area (TPSA) is 50.1 Å². The lowest BCUT2D eigenvalue weighted by molar-refractivity contribution is 0.168. The van der Waals surface area contributed by atoms with E-state index < -0.39 is 0 Å². The number of halogens is 1. The van der Waals surface area contributed by atoms with E-state index in [0.29, 0.717) is 11.6 Å². The first-order chi connectivity index (χ1) is 12.6. The first kappa shape index (κ1) is 18.8. The number of tetrazole rings is 1. The zero-order chi connectivity index (χ0) is 18.5. The summed E-state index contributed by atoms with van der Waals surface area (Å²) in [6.07, 6.45) is 2.03. The van der Waals surface area contributed by atoms with Crippen LogP contribution in [0.25, 0.3) is 0 Å². The van der Waals surface area contributed by atoms with Crippen LogP contribution in [0.2, 0.25) is 0 Å². The Bertz CT molecular complexity index is 693. The van der Waals surface area contributed by atoms with E-state index in [0.717, 1.165) is 51.4 Å². The first-order valence-electron chi connectivity index (χ1n) is 9.59. The normalized spacial score (nSPS) is 17.0. The van der Waals surface area contributed by atoms with Crippen molar-refractivity contribution in [3.63, 3.8) is 0 Å². The number of nitrogens with zero attached hydrogens (tertiary/aromatic N) is 6. The summed E-state index contributed by atoms with van der Waals surface area (Å²) in [5, 5.41) is 12.4. The molecule has 0 bridgehead atoms. The van der Waals surface area contributed by atoms with Crippen LogP contribution in [0.4, 0.5) is 10.1 Å². The maximum absolute atomic E-state index is 14.0. The Morgan fingerprint density at radius 2 is 1.85 bits per heavy atom. The highest BCUT2D eigenvalue weighted by molar-refractivity contribution is 5.48. The van der Waals surface area contributed by atoms with Crippen LogP contribution in [0.1, 0.15) is 45.5 Å². The van der Waals surface area contributed by atoms with Crippen molar-refractivity contribution in [1.82, 2.24) is 25.1 Å². The second-order valence-corrected chi connectivity index (χ2v) is 7.34. The van der Waals surface area contributed by atoms with Gasteiger partial charge >= 0.3 is 0 Å². The van der Waals surface area contributed by atoms with Crippen LogP contribution in [-0.4, -0.2) is 51.3 Å². The number of anilines is 1. The second kappa shape index (κ2) is 8.58. The molecule has 7 heteroatoms. The number of rotatable bonds is 7. The van der Waals surface area contributed by atoms with Crippen molar-refractivity contribution in [2.24, 2.45) is 5.92 Å². The van der Waals surface area contributed by atoms with Crippen molar-refractivity contribution in [2.45, 2.75) is 46.2 Å². The number of para-hydroxylation sites is 1. The van der Waals surface area contributed by atoms with Crippen molar-refractivity contribution in [3.05, 3.63) is 35.9 Å². The van der Waals surface area contributed by atoms with E-state index in [9.17, 15) is 4.39 Å².